The minimum absolute atomic E-state index is 0.0683. The molecule has 2 unspecified atom stereocenters. The number of benzene rings is 1. The van der Waals surface area contributed by atoms with Crippen molar-refractivity contribution < 1.29 is 4.39 Å². The molecule has 19 heavy (non-hydrogen) atoms. The van der Waals surface area contributed by atoms with Crippen LogP contribution in [0.15, 0.2) is 12.1 Å². The molecule has 106 valence electrons. The average molecular weight is 304 g/mol. The van der Waals surface area contributed by atoms with E-state index in [4.69, 9.17) is 23.2 Å². The maximum absolute atomic E-state index is 13.4. The Labute approximate surface area is 124 Å². The largest absolute Gasteiger partial charge is 0.382 e. The van der Waals surface area contributed by atoms with Crippen molar-refractivity contribution in [2.45, 2.75) is 46.1 Å². The predicted molar refractivity (Wildman–Crippen MR) is 80.6 cm³/mol. The second kappa shape index (κ2) is 5.49. The van der Waals surface area contributed by atoms with Gasteiger partial charge < -0.3 is 5.32 Å². The second-order valence-electron chi connectivity index (χ2n) is 6.39. The predicted octanol–water partition coefficient (Wildman–Crippen LogP) is 5.76. The molecule has 1 saturated carbocycles. The molecule has 2 rings (SSSR count). The van der Waals surface area contributed by atoms with Crippen LogP contribution in [0.3, 0.4) is 0 Å². The lowest BCUT2D eigenvalue weighted by atomic mass is 9.70. The van der Waals surface area contributed by atoms with Crippen LogP contribution in [0.25, 0.3) is 0 Å². The van der Waals surface area contributed by atoms with Gasteiger partial charge in [-0.05, 0) is 42.7 Å². The SMILES string of the molecule is CC1CC(C)(C)CCC1Nc1cc(Cl)c(F)c(Cl)c1. The summed E-state index contributed by atoms with van der Waals surface area (Å²) in [6, 6.07) is 3.61. The van der Waals surface area contributed by atoms with E-state index >= 15 is 0 Å². The summed E-state index contributed by atoms with van der Waals surface area (Å²) >= 11 is 11.6. The van der Waals surface area contributed by atoms with Crippen LogP contribution in [0.4, 0.5) is 10.1 Å². The number of rotatable bonds is 2. The fraction of sp³-hybridized carbons (Fsp3) is 0.600. The summed E-state index contributed by atoms with van der Waals surface area (Å²) in [6.45, 7) is 6.88. The molecule has 0 heterocycles. The molecule has 0 radical (unpaired) electrons. The molecule has 2 atom stereocenters. The van der Waals surface area contributed by atoms with E-state index in [9.17, 15) is 4.39 Å². The number of nitrogens with one attached hydrogen (secondary N) is 1. The summed E-state index contributed by atoms with van der Waals surface area (Å²) in [5.74, 6) is 0.0260. The lowest BCUT2D eigenvalue weighted by molar-refractivity contribution is 0.177. The zero-order valence-electron chi connectivity index (χ0n) is 11.6. The first-order valence-corrected chi connectivity index (χ1v) is 7.45. The van der Waals surface area contributed by atoms with Gasteiger partial charge in [0.05, 0.1) is 10.0 Å². The highest BCUT2D eigenvalue weighted by Crippen LogP contribution is 2.40. The van der Waals surface area contributed by atoms with Crippen molar-refractivity contribution in [1.29, 1.82) is 0 Å². The summed E-state index contributed by atoms with van der Waals surface area (Å²) in [5, 5.41) is 3.58. The average Bonchev–Trinajstić information content (AvgIpc) is 2.29. The maximum atomic E-state index is 13.4. The van der Waals surface area contributed by atoms with Crippen LogP contribution < -0.4 is 5.32 Å². The molecule has 1 aromatic carbocycles. The quantitative estimate of drug-likeness (QED) is 0.685. The van der Waals surface area contributed by atoms with Gasteiger partial charge in [0.1, 0.15) is 0 Å². The normalized spacial score (nSPS) is 26.2. The van der Waals surface area contributed by atoms with Gasteiger partial charge in [0, 0.05) is 11.7 Å². The molecule has 1 N–H and O–H groups in total. The van der Waals surface area contributed by atoms with E-state index in [1.165, 1.54) is 12.8 Å². The summed E-state index contributed by atoms with van der Waals surface area (Å²) in [6.07, 6.45) is 3.49. The maximum Gasteiger partial charge on any atom is 0.160 e. The van der Waals surface area contributed by atoms with E-state index in [-0.39, 0.29) is 10.0 Å². The highest BCUT2D eigenvalue weighted by Gasteiger charge is 2.32. The summed E-state index contributed by atoms with van der Waals surface area (Å²) < 4.78 is 13.4. The topological polar surface area (TPSA) is 12.0 Å². The molecule has 0 aromatic heterocycles. The Bertz CT molecular complexity index is 450. The first-order chi connectivity index (χ1) is 8.78. The Hall–Kier alpha value is -0.470. The molecule has 1 aliphatic carbocycles. The van der Waals surface area contributed by atoms with Gasteiger partial charge in [-0.25, -0.2) is 4.39 Å². The Morgan fingerprint density at radius 1 is 1.26 bits per heavy atom. The first-order valence-electron chi connectivity index (χ1n) is 6.69. The van der Waals surface area contributed by atoms with Crippen LogP contribution in [-0.2, 0) is 0 Å². The fourth-order valence-electron chi connectivity index (χ4n) is 3.01. The van der Waals surface area contributed by atoms with Crippen LogP contribution in [0.2, 0.25) is 10.0 Å². The molecule has 0 bridgehead atoms. The molecule has 4 heteroatoms. The second-order valence-corrected chi connectivity index (χ2v) is 7.20. The van der Waals surface area contributed by atoms with Gasteiger partial charge in [0.2, 0.25) is 0 Å². The van der Waals surface area contributed by atoms with Crippen LogP contribution >= 0.6 is 23.2 Å². The monoisotopic (exact) mass is 303 g/mol. The van der Waals surface area contributed by atoms with Crippen LogP contribution in [0.1, 0.15) is 40.0 Å². The van der Waals surface area contributed by atoms with Crippen LogP contribution in [0, 0.1) is 17.2 Å². The Kier molecular flexibility index (Phi) is 4.32. The molecular formula is C15H20Cl2FN. The van der Waals surface area contributed by atoms with Crippen molar-refractivity contribution in [3.05, 3.63) is 28.0 Å². The van der Waals surface area contributed by atoms with E-state index in [0.29, 0.717) is 17.4 Å². The van der Waals surface area contributed by atoms with Crippen molar-refractivity contribution in [1.82, 2.24) is 0 Å². The first kappa shape index (κ1) is 14.9. The molecule has 1 aliphatic rings. The lowest BCUT2D eigenvalue weighted by Gasteiger charge is -2.40. The van der Waals surface area contributed by atoms with E-state index in [1.807, 2.05) is 0 Å². The van der Waals surface area contributed by atoms with Crippen molar-refractivity contribution in [2.75, 3.05) is 5.32 Å². The number of hydrogen-bond acceptors (Lipinski definition) is 1. The minimum Gasteiger partial charge on any atom is -0.382 e. The lowest BCUT2D eigenvalue weighted by Crippen LogP contribution is -2.36. The van der Waals surface area contributed by atoms with Gasteiger partial charge in [-0.1, -0.05) is 44.0 Å². The molecule has 1 nitrogen and oxygen atoms in total. The Morgan fingerprint density at radius 3 is 2.37 bits per heavy atom. The Balaban J connectivity index is 2.10. The van der Waals surface area contributed by atoms with Crippen LogP contribution in [0.5, 0.6) is 0 Å². The van der Waals surface area contributed by atoms with Crippen molar-refractivity contribution >= 4 is 28.9 Å². The minimum atomic E-state index is -0.549. The van der Waals surface area contributed by atoms with E-state index < -0.39 is 5.82 Å². The fourth-order valence-corrected chi connectivity index (χ4v) is 3.50. The summed E-state index contributed by atoms with van der Waals surface area (Å²) in [7, 11) is 0. The van der Waals surface area contributed by atoms with E-state index in [2.05, 4.69) is 26.1 Å². The van der Waals surface area contributed by atoms with Gasteiger partial charge in [-0.15, -0.1) is 0 Å². The molecular weight excluding hydrogens is 284 g/mol. The van der Waals surface area contributed by atoms with E-state index in [1.54, 1.807) is 12.1 Å². The van der Waals surface area contributed by atoms with Gasteiger partial charge in [-0.3, -0.25) is 0 Å². The zero-order valence-corrected chi connectivity index (χ0v) is 13.1. The molecule has 1 aromatic rings. The third-order valence-electron chi connectivity index (χ3n) is 4.03. The number of hydrogen-bond donors (Lipinski definition) is 1. The van der Waals surface area contributed by atoms with Crippen molar-refractivity contribution in [3.63, 3.8) is 0 Å². The molecule has 0 aliphatic heterocycles. The van der Waals surface area contributed by atoms with Gasteiger partial charge >= 0.3 is 0 Å². The molecule has 0 spiro atoms. The van der Waals surface area contributed by atoms with Crippen molar-refractivity contribution in [2.24, 2.45) is 11.3 Å². The zero-order chi connectivity index (χ0) is 14.2. The van der Waals surface area contributed by atoms with Gasteiger partial charge in [0.15, 0.2) is 5.82 Å². The smallest absolute Gasteiger partial charge is 0.160 e. The molecule has 0 saturated heterocycles. The third-order valence-corrected chi connectivity index (χ3v) is 4.58. The third kappa shape index (κ3) is 3.55. The Morgan fingerprint density at radius 2 is 1.84 bits per heavy atom. The number of halogens is 3. The van der Waals surface area contributed by atoms with Gasteiger partial charge in [0.25, 0.3) is 0 Å². The number of anilines is 1. The van der Waals surface area contributed by atoms with E-state index in [0.717, 1.165) is 12.1 Å². The highest BCUT2D eigenvalue weighted by atomic mass is 35.5. The standard InChI is InChI=1S/C15H20Cl2FN/c1-9-8-15(2,3)5-4-13(9)19-10-6-11(16)14(18)12(17)7-10/h6-7,9,13,19H,4-5,8H2,1-3H3. The van der Waals surface area contributed by atoms with Crippen LogP contribution in [-0.4, -0.2) is 6.04 Å². The molecule has 1 fully saturated rings. The summed E-state index contributed by atoms with van der Waals surface area (Å²) in [4.78, 5) is 0. The summed E-state index contributed by atoms with van der Waals surface area (Å²) in [5.41, 5.74) is 1.21. The van der Waals surface area contributed by atoms with Gasteiger partial charge in [-0.2, -0.15) is 0 Å². The molecule has 0 amide bonds. The highest BCUT2D eigenvalue weighted by molar-refractivity contribution is 6.35. The van der Waals surface area contributed by atoms with Crippen molar-refractivity contribution in [3.8, 4) is 0 Å².